The molecule has 1 aliphatic rings. The molecule has 0 saturated carbocycles. The first-order valence-corrected chi connectivity index (χ1v) is 10.5. The molecule has 2 amide bonds. The smallest absolute Gasteiger partial charge is 0.276 e. The molecule has 0 aliphatic carbocycles. The summed E-state index contributed by atoms with van der Waals surface area (Å²) in [6.45, 7) is 8.85. The number of methoxy groups -OCH3 is 1. The van der Waals surface area contributed by atoms with Crippen molar-refractivity contribution < 1.29 is 18.8 Å². The summed E-state index contributed by atoms with van der Waals surface area (Å²) in [7, 11) is 1.59. The molecule has 0 atom stereocenters. The summed E-state index contributed by atoms with van der Waals surface area (Å²) in [6, 6.07) is 5.86. The Morgan fingerprint density at radius 2 is 1.77 bits per heavy atom. The van der Waals surface area contributed by atoms with E-state index in [1.807, 2.05) is 18.7 Å². The molecule has 30 heavy (non-hydrogen) atoms. The SMILES string of the molecule is COCCN(CCC(=O)N1CCCC1)C(=O)c1cc(-c2c(C)cc(C)cc2C)on1. The lowest BCUT2D eigenvalue weighted by Crippen LogP contribution is -2.38. The average Bonchev–Trinajstić information content (AvgIpc) is 3.39. The molecule has 0 N–H and O–H groups in total. The Morgan fingerprint density at radius 1 is 1.10 bits per heavy atom. The molecule has 1 fully saturated rings. The lowest BCUT2D eigenvalue weighted by atomic mass is 9.98. The number of ether oxygens (including phenoxy) is 1. The standard InChI is InChI=1S/C23H31N3O4/c1-16-13-17(2)22(18(3)14-16)20-15-19(24-30-20)23(28)26(11-12-29-4)10-7-21(27)25-8-5-6-9-25/h13-15H,5-12H2,1-4H3. The maximum absolute atomic E-state index is 13.1. The highest BCUT2D eigenvalue weighted by atomic mass is 16.5. The van der Waals surface area contributed by atoms with E-state index in [0.717, 1.165) is 42.6 Å². The number of aryl methyl sites for hydroxylation is 3. The molecule has 162 valence electrons. The van der Waals surface area contributed by atoms with Gasteiger partial charge in [0.15, 0.2) is 11.5 Å². The number of rotatable bonds is 8. The predicted octanol–water partition coefficient (Wildman–Crippen LogP) is 3.37. The third kappa shape index (κ3) is 5.08. The molecule has 0 bridgehead atoms. The fourth-order valence-corrected chi connectivity index (χ4v) is 4.10. The predicted molar refractivity (Wildman–Crippen MR) is 114 cm³/mol. The van der Waals surface area contributed by atoms with Crippen molar-refractivity contribution in [2.24, 2.45) is 0 Å². The zero-order valence-electron chi connectivity index (χ0n) is 18.4. The first-order chi connectivity index (χ1) is 14.4. The molecule has 1 aromatic heterocycles. The van der Waals surface area contributed by atoms with Gasteiger partial charge in [-0.3, -0.25) is 9.59 Å². The minimum absolute atomic E-state index is 0.0921. The summed E-state index contributed by atoms with van der Waals surface area (Å²) >= 11 is 0. The van der Waals surface area contributed by atoms with E-state index in [0.29, 0.717) is 31.9 Å². The zero-order chi connectivity index (χ0) is 21.7. The first kappa shape index (κ1) is 22.0. The van der Waals surface area contributed by atoms with Crippen molar-refractivity contribution >= 4 is 11.8 Å². The lowest BCUT2D eigenvalue weighted by Gasteiger charge is -2.22. The second-order valence-electron chi connectivity index (χ2n) is 7.97. The number of nitrogens with zero attached hydrogens (tertiary/aromatic N) is 3. The van der Waals surface area contributed by atoms with Gasteiger partial charge < -0.3 is 19.1 Å². The highest BCUT2D eigenvalue weighted by Crippen LogP contribution is 2.29. The van der Waals surface area contributed by atoms with Crippen LogP contribution in [0.2, 0.25) is 0 Å². The fraction of sp³-hybridized carbons (Fsp3) is 0.522. The van der Waals surface area contributed by atoms with E-state index >= 15 is 0 Å². The van der Waals surface area contributed by atoms with Crippen LogP contribution in [0.4, 0.5) is 0 Å². The van der Waals surface area contributed by atoms with Gasteiger partial charge in [-0.15, -0.1) is 0 Å². The fourth-order valence-electron chi connectivity index (χ4n) is 4.10. The summed E-state index contributed by atoms with van der Waals surface area (Å²) in [5.41, 5.74) is 4.54. The van der Waals surface area contributed by atoms with Gasteiger partial charge in [0.25, 0.3) is 5.91 Å². The van der Waals surface area contributed by atoms with Crippen molar-refractivity contribution in [1.82, 2.24) is 15.0 Å². The van der Waals surface area contributed by atoms with E-state index in [4.69, 9.17) is 9.26 Å². The minimum Gasteiger partial charge on any atom is -0.383 e. The molecular formula is C23H31N3O4. The summed E-state index contributed by atoms with van der Waals surface area (Å²) in [6.07, 6.45) is 2.41. The minimum atomic E-state index is -0.251. The highest BCUT2D eigenvalue weighted by molar-refractivity contribution is 5.93. The molecule has 3 rings (SSSR count). The Morgan fingerprint density at radius 3 is 2.40 bits per heavy atom. The summed E-state index contributed by atoms with van der Waals surface area (Å²) in [4.78, 5) is 29.0. The molecule has 1 saturated heterocycles. The number of benzene rings is 1. The quantitative estimate of drug-likeness (QED) is 0.663. The third-order valence-corrected chi connectivity index (χ3v) is 5.56. The van der Waals surface area contributed by atoms with Crippen LogP contribution >= 0.6 is 0 Å². The Balaban J connectivity index is 1.74. The Hall–Kier alpha value is -2.67. The van der Waals surface area contributed by atoms with Gasteiger partial charge in [-0.2, -0.15) is 0 Å². The Bertz CT molecular complexity index is 877. The maximum Gasteiger partial charge on any atom is 0.276 e. The van der Waals surface area contributed by atoms with Crippen LogP contribution in [-0.2, 0) is 9.53 Å². The number of carbonyl (C=O) groups excluding carboxylic acids is 2. The van der Waals surface area contributed by atoms with E-state index in [9.17, 15) is 9.59 Å². The van der Waals surface area contributed by atoms with Gasteiger partial charge in [0.2, 0.25) is 5.91 Å². The van der Waals surface area contributed by atoms with Crippen molar-refractivity contribution in [3.63, 3.8) is 0 Å². The molecule has 0 unspecified atom stereocenters. The van der Waals surface area contributed by atoms with Gasteiger partial charge in [-0.05, 0) is 44.7 Å². The molecule has 0 radical (unpaired) electrons. The number of likely N-dealkylation sites (tertiary alicyclic amines) is 1. The van der Waals surface area contributed by atoms with Crippen LogP contribution in [0.25, 0.3) is 11.3 Å². The second kappa shape index (κ2) is 9.89. The average molecular weight is 414 g/mol. The number of carbonyl (C=O) groups is 2. The number of aromatic nitrogens is 1. The van der Waals surface area contributed by atoms with E-state index in [2.05, 4.69) is 24.2 Å². The van der Waals surface area contributed by atoms with Gasteiger partial charge in [-0.25, -0.2) is 0 Å². The van der Waals surface area contributed by atoms with E-state index in [1.54, 1.807) is 18.1 Å². The summed E-state index contributed by atoms with van der Waals surface area (Å²) < 4.78 is 10.7. The van der Waals surface area contributed by atoms with Crippen molar-refractivity contribution in [3.05, 3.63) is 40.6 Å². The molecule has 7 nitrogen and oxygen atoms in total. The van der Waals surface area contributed by atoms with Crippen LogP contribution < -0.4 is 0 Å². The first-order valence-electron chi connectivity index (χ1n) is 10.5. The molecule has 1 aliphatic heterocycles. The Kier molecular flexibility index (Phi) is 7.26. The summed E-state index contributed by atoms with van der Waals surface area (Å²) in [5.74, 6) is 0.418. The van der Waals surface area contributed by atoms with Crippen LogP contribution in [0, 0.1) is 20.8 Å². The van der Waals surface area contributed by atoms with Crippen molar-refractivity contribution in [3.8, 4) is 11.3 Å². The zero-order valence-corrected chi connectivity index (χ0v) is 18.4. The maximum atomic E-state index is 13.1. The highest BCUT2D eigenvalue weighted by Gasteiger charge is 2.24. The van der Waals surface area contributed by atoms with E-state index < -0.39 is 0 Å². The normalized spacial score (nSPS) is 13.7. The summed E-state index contributed by atoms with van der Waals surface area (Å²) in [5, 5.41) is 4.03. The molecule has 2 aromatic rings. The van der Waals surface area contributed by atoms with Crippen LogP contribution in [0.1, 0.15) is 46.4 Å². The van der Waals surface area contributed by atoms with Crippen LogP contribution in [0.3, 0.4) is 0 Å². The third-order valence-electron chi connectivity index (χ3n) is 5.56. The number of hydrogen-bond acceptors (Lipinski definition) is 5. The topological polar surface area (TPSA) is 75.9 Å². The monoisotopic (exact) mass is 413 g/mol. The molecule has 0 spiro atoms. The molecule has 2 heterocycles. The van der Waals surface area contributed by atoms with Crippen molar-refractivity contribution in [1.29, 1.82) is 0 Å². The van der Waals surface area contributed by atoms with E-state index in [1.165, 1.54) is 5.56 Å². The van der Waals surface area contributed by atoms with Gasteiger partial charge >= 0.3 is 0 Å². The molecule has 7 heteroatoms. The lowest BCUT2D eigenvalue weighted by molar-refractivity contribution is -0.130. The number of amides is 2. The van der Waals surface area contributed by atoms with E-state index in [-0.39, 0.29) is 17.5 Å². The second-order valence-corrected chi connectivity index (χ2v) is 7.97. The van der Waals surface area contributed by atoms with Gasteiger partial charge in [0.05, 0.1) is 6.61 Å². The molecular weight excluding hydrogens is 382 g/mol. The van der Waals surface area contributed by atoms with Crippen LogP contribution in [0.15, 0.2) is 22.7 Å². The largest absolute Gasteiger partial charge is 0.383 e. The van der Waals surface area contributed by atoms with Gasteiger partial charge in [0.1, 0.15) is 0 Å². The Labute approximate surface area is 178 Å². The van der Waals surface area contributed by atoms with Crippen molar-refractivity contribution in [2.45, 2.75) is 40.0 Å². The van der Waals surface area contributed by atoms with Gasteiger partial charge in [0, 0.05) is 51.3 Å². The van der Waals surface area contributed by atoms with Gasteiger partial charge in [-0.1, -0.05) is 22.9 Å². The van der Waals surface area contributed by atoms with Crippen molar-refractivity contribution in [2.75, 3.05) is 39.9 Å². The number of hydrogen-bond donors (Lipinski definition) is 0. The van der Waals surface area contributed by atoms with Crippen LogP contribution in [-0.4, -0.2) is 66.7 Å². The van der Waals surface area contributed by atoms with Crippen LogP contribution in [0.5, 0.6) is 0 Å². The molecule has 1 aromatic carbocycles.